The van der Waals surface area contributed by atoms with Crippen LogP contribution in [0.5, 0.6) is 5.75 Å². The Morgan fingerprint density at radius 2 is 1.88 bits per heavy atom. The quantitative estimate of drug-likeness (QED) is 0.479. The van der Waals surface area contributed by atoms with Crippen molar-refractivity contribution in [2.24, 2.45) is 5.92 Å². The molecule has 0 unspecified atom stereocenters. The van der Waals surface area contributed by atoms with Crippen LogP contribution in [0.3, 0.4) is 0 Å². The molecule has 0 radical (unpaired) electrons. The first-order chi connectivity index (χ1) is 16.6. The number of hydrogen-bond acceptors (Lipinski definition) is 8. The molecule has 3 aromatic rings. The molecule has 0 spiro atoms. The van der Waals surface area contributed by atoms with Gasteiger partial charge in [-0.1, -0.05) is 12.1 Å². The summed E-state index contributed by atoms with van der Waals surface area (Å²) < 4.78 is 5.27. The Morgan fingerprint density at radius 1 is 1.15 bits per heavy atom. The van der Waals surface area contributed by atoms with Crippen molar-refractivity contribution < 1.29 is 14.6 Å². The Labute approximate surface area is 197 Å². The average molecular weight is 460 g/mol. The number of nitrogens with one attached hydrogen (secondary N) is 2. The Hall–Kier alpha value is -4.39. The van der Waals surface area contributed by atoms with Gasteiger partial charge >= 0.3 is 6.09 Å². The highest BCUT2D eigenvalue weighted by molar-refractivity contribution is 5.80. The predicted octanol–water partition coefficient (Wildman–Crippen LogP) is 3.96. The summed E-state index contributed by atoms with van der Waals surface area (Å²) in [5.74, 6) is 2.21. The molecular weight excluding hydrogens is 434 g/mol. The minimum absolute atomic E-state index is 0.240. The summed E-state index contributed by atoms with van der Waals surface area (Å²) in [5.41, 5.74) is 3.05. The van der Waals surface area contributed by atoms with E-state index in [4.69, 9.17) is 10.00 Å². The van der Waals surface area contributed by atoms with Crippen LogP contribution in [0.2, 0.25) is 0 Å². The molecule has 1 amide bonds. The lowest BCUT2D eigenvalue weighted by Gasteiger charge is -2.30. The minimum Gasteiger partial charge on any atom is -0.497 e. The number of hydrogen-bond donors (Lipinski definition) is 3. The van der Waals surface area contributed by atoms with Crippen molar-refractivity contribution in [3.05, 3.63) is 54.6 Å². The van der Waals surface area contributed by atoms with E-state index in [1.165, 1.54) is 17.3 Å². The van der Waals surface area contributed by atoms with Crippen LogP contribution in [0.25, 0.3) is 11.1 Å². The average Bonchev–Trinajstić information content (AvgIpc) is 2.88. The van der Waals surface area contributed by atoms with Crippen LogP contribution in [0.15, 0.2) is 48.9 Å². The van der Waals surface area contributed by atoms with E-state index in [1.54, 1.807) is 13.3 Å². The van der Waals surface area contributed by atoms with E-state index in [-0.39, 0.29) is 5.69 Å². The van der Waals surface area contributed by atoms with Crippen molar-refractivity contribution in [1.29, 1.82) is 5.26 Å². The Morgan fingerprint density at radius 3 is 2.50 bits per heavy atom. The van der Waals surface area contributed by atoms with E-state index in [1.807, 2.05) is 36.4 Å². The third kappa shape index (κ3) is 5.50. The summed E-state index contributed by atoms with van der Waals surface area (Å²) in [7, 11) is 1.63. The van der Waals surface area contributed by atoms with Gasteiger partial charge in [0, 0.05) is 43.1 Å². The van der Waals surface area contributed by atoms with Gasteiger partial charge in [-0.15, -0.1) is 0 Å². The van der Waals surface area contributed by atoms with E-state index in [2.05, 4.69) is 25.6 Å². The van der Waals surface area contributed by atoms with Crippen LogP contribution in [-0.2, 0) is 0 Å². The minimum atomic E-state index is -0.857. The lowest BCUT2D eigenvalue weighted by Crippen LogP contribution is -2.39. The maximum absolute atomic E-state index is 11.2. The fourth-order valence-electron chi connectivity index (χ4n) is 3.83. The molecule has 1 aliphatic heterocycles. The molecule has 1 aromatic carbocycles. The van der Waals surface area contributed by atoms with Gasteiger partial charge in [-0.05, 0) is 36.5 Å². The van der Waals surface area contributed by atoms with Crippen molar-refractivity contribution >= 4 is 23.4 Å². The zero-order valence-corrected chi connectivity index (χ0v) is 18.7. The van der Waals surface area contributed by atoms with Crippen LogP contribution in [0.1, 0.15) is 18.5 Å². The molecule has 0 bridgehead atoms. The zero-order valence-electron chi connectivity index (χ0n) is 18.7. The predicted molar refractivity (Wildman–Crippen MR) is 127 cm³/mol. The number of amides is 1. The number of nitriles is 1. The summed E-state index contributed by atoms with van der Waals surface area (Å²) in [6.07, 6.45) is 5.44. The van der Waals surface area contributed by atoms with Crippen LogP contribution in [0.4, 0.5) is 22.1 Å². The highest BCUT2D eigenvalue weighted by Gasteiger charge is 2.22. The van der Waals surface area contributed by atoms with Gasteiger partial charge in [0.05, 0.1) is 19.5 Å². The summed E-state index contributed by atoms with van der Waals surface area (Å²) in [4.78, 5) is 25.4. The van der Waals surface area contributed by atoms with Crippen molar-refractivity contribution in [3.63, 3.8) is 0 Å². The fourth-order valence-corrected chi connectivity index (χ4v) is 3.83. The first kappa shape index (κ1) is 22.8. The van der Waals surface area contributed by atoms with Crippen molar-refractivity contribution in [3.8, 4) is 22.9 Å². The smallest absolute Gasteiger partial charge is 0.407 e. The molecule has 34 heavy (non-hydrogen) atoms. The first-order valence-electron chi connectivity index (χ1n) is 10.9. The first-order valence-corrected chi connectivity index (χ1v) is 10.9. The topological polar surface area (TPSA) is 136 Å². The van der Waals surface area contributed by atoms with Crippen LogP contribution >= 0.6 is 0 Å². The Balaban J connectivity index is 1.54. The third-order valence-electron chi connectivity index (χ3n) is 5.79. The molecule has 10 nitrogen and oxygen atoms in total. The molecule has 2 aromatic heterocycles. The number of methoxy groups -OCH3 is 1. The third-order valence-corrected chi connectivity index (χ3v) is 5.79. The molecular formula is C24H25N7O3. The number of likely N-dealkylation sites (tertiary alicyclic amines) is 1. The largest absolute Gasteiger partial charge is 0.497 e. The highest BCUT2D eigenvalue weighted by Crippen LogP contribution is 2.32. The van der Waals surface area contributed by atoms with Crippen molar-refractivity contribution in [2.45, 2.75) is 12.8 Å². The van der Waals surface area contributed by atoms with Gasteiger partial charge in [-0.2, -0.15) is 5.26 Å². The van der Waals surface area contributed by atoms with Gasteiger partial charge in [0.25, 0.3) is 0 Å². The second-order valence-electron chi connectivity index (χ2n) is 7.96. The van der Waals surface area contributed by atoms with Gasteiger partial charge in [0.2, 0.25) is 0 Å². The molecule has 1 saturated heterocycles. The Bertz CT molecular complexity index is 1170. The van der Waals surface area contributed by atoms with Crippen molar-refractivity contribution in [2.75, 3.05) is 37.4 Å². The van der Waals surface area contributed by atoms with Gasteiger partial charge in [-0.25, -0.2) is 19.7 Å². The molecule has 3 heterocycles. The summed E-state index contributed by atoms with van der Waals surface area (Å²) in [6, 6.07) is 11.6. The van der Waals surface area contributed by atoms with Gasteiger partial charge in [0.1, 0.15) is 23.5 Å². The molecule has 1 fully saturated rings. The highest BCUT2D eigenvalue weighted by atomic mass is 16.5. The number of benzene rings is 1. The van der Waals surface area contributed by atoms with E-state index < -0.39 is 6.09 Å². The fraction of sp³-hybridized carbons (Fsp3) is 0.292. The summed E-state index contributed by atoms with van der Waals surface area (Å²) >= 11 is 0. The lowest BCUT2D eigenvalue weighted by molar-refractivity contribution is 0.126. The number of anilines is 3. The maximum atomic E-state index is 11.2. The molecule has 1 aliphatic rings. The van der Waals surface area contributed by atoms with Gasteiger partial charge in [-0.3, -0.25) is 0 Å². The number of carboxylic acid groups (broad SMARTS) is 1. The van der Waals surface area contributed by atoms with Crippen molar-refractivity contribution in [1.82, 2.24) is 19.9 Å². The number of nitrogens with zero attached hydrogens (tertiary/aromatic N) is 5. The lowest BCUT2D eigenvalue weighted by atomic mass is 9.96. The van der Waals surface area contributed by atoms with E-state index in [0.717, 1.165) is 42.0 Å². The van der Waals surface area contributed by atoms with Gasteiger partial charge < -0.3 is 25.4 Å². The number of ether oxygens (including phenoxy) is 1. The monoisotopic (exact) mass is 459 g/mol. The Kier molecular flexibility index (Phi) is 7.03. The van der Waals surface area contributed by atoms with E-state index >= 15 is 0 Å². The molecule has 4 rings (SSSR count). The second kappa shape index (κ2) is 10.5. The van der Waals surface area contributed by atoms with E-state index in [9.17, 15) is 9.90 Å². The number of pyridine rings is 1. The second-order valence-corrected chi connectivity index (χ2v) is 7.96. The summed E-state index contributed by atoms with van der Waals surface area (Å²) in [5, 5.41) is 24.7. The number of carbonyl (C=O) groups is 1. The van der Waals surface area contributed by atoms with Crippen LogP contribution < -0.4 is 15.4 Å². The van der Waals surface area contributed by atoms with E-state index in [0.29, 0.717) is 30.6 Å². The molecule has 0 saturated carbocycles. The van der Waals surface area contributed by atoms with Crippen LogP contribution in [-0.4, -0.2) is 57.8 Å². The number of rotatable bonds is 7. The van der Waals surface area contributed by atoms with Gasteiger partial charge in [0.15, 0.2) is 5.69 Å². The number of piperidine rings is 1. The number of aromatic nitrogens is 3. The molecule has 174 valence electrons. The normalized spacial score (nSPS) is 13.7. The standard InChI is InChI=1S/C24H25N7O3/c1-34-19-4-2-17(3-5-19)20-14-29-22(30-23-15-26-18(11-25)13-28-23)10-21(20)27-12-16-6-8-31(9-7-16)24(32)33/h2-5,10,13-16H,6-9,12H2,1H3,(H,32,33)(H2,27,28,29,30). The zero-order chi connectivity index (χ0) is 23.9. The summed E-state index contributed by atoms with van der Waals surface area (Å²) in [6.45, 7) is 1.82. The molecule has 10 heteroatoms. The van der Waals surface area contributed by atoms with Crippen LogP contribution in [0, 0.1) is 17.2 Å². The molecule has 3 N–H and O–H groups in total. The SMILES string of the molecule is COc1ccc(-c2cnc(Nc3cnc(C#N)cn3)cc2NCC2CCN(C(=O)O)CC2)cc1. The maximum Gasteiger partial charge on any atom is 0.407 e. The molecule has 0 aliphatic carbocycles. The molecule has 0 atom stereocenters.